The first-order valence-electron chi connectivity index (χ1n) is 22.8. The number of amides is 7. The number of rotatable bonds is 15. The van der Waals surface area contributed by atoms with Crippen LogP contribution in [0, 0.1) is 11.8 Å². The number of nitrogens with one attached hydrogen (secondary N) is 6. The minimum absolute atomic E-state index is 0.00470. The second kappa shape index (κ2) is 24.4. The van der Waals surface area contributed by atoms with E-state index in [1.54, 1.807) is 76.4 Å². The first kappa shape index (κ1) is 53.9. The molecule has 2 heterocycles. The Morgan fingerprint density at radius 2 is 1.49 bits per heavy atom. The second-order valence-electron chi connectivity index (χ2n) is 17.6. The van der Waals surface area contributed by atoms with Gasteiger partial charge in [-0.3, -0.25) is 33.6 Å². The Balaban J connectivity index is 1.93. The van der Waals surface area contributed by atoms with Crippen LogP contribution in [-0.4, -0.2) is 151 Å². The second-order valence-corrected chi connectivity index (χ2v) is 17.6. The van der Waals surface area contributed by atoms with Crippen molar-refractivity contribution in [2.45, 2.75) is 129 Å². The van der Waals surface area contributed by atoms with Crippen LogP contribution in [0.3, 0.4) is 0 Å². The monoisotopic (exact) mass is 948 g/mol. The lowest BCUT2D eigenvalue weighted by Crippen LogP contribution is -2.62. The van der Waals surface area contributed by atoms with Gasteiger partial charge in [0.05, 0.1) is 20.3 Å². The maximum atomic E-state index is 14.8. The van der Waals surface area contributed by atoms with E-state index in [1.807, 2.05) is 6.92 Å². The molecule has 0 spiro atoms. The highest BCUT2D eigenvalue weighted by atomic mass is 16.5. The van der Waals surface area contributed by atoms with Crippen molar-refractivity contribution in [3.05, 3.63) is 59.8 Å². The summed E-state index contributed by atoms with van der Waals surface area (Å²) in [4.78, 5) is 118. The highest BCUT2D eigenvalue weighted by Crippen LogP contribution is 2.27. The molecule has 4 rings (SSSR count). The number of hydrogen-bond donors (Lipinski definition) is 7. The highest BCUT2D eigenvalue weighted by molar-refractivity contribution is 5.98. The predicted molar refractivity (Wildman–Crippen MR) is 251 cm³/mol. The number of aromatic amines is 1. The van der Waals surface area contributed by atoms with Crippen LogP contribution in [0.4, 0.5) is 0 Å². The van der Waals surface area contributed by atoms with E-state index in [0.717, 1.165) is 4.90 Å². The van der Waals surface area contributed by atoms with E-state index in [1.165, 1.54) is 47.1 Å². The van der Waals surface area contributed by atoms with Crippen molar-refractivity contribution in [1.29, 1.82) is 0 Å². The lowest BCUT2D eigenvalue weighted by molar-refractivity contribution is -0.162. The molecular formula is C48H68N8O12. The van der Waals surface area contributed by atoms with Crippen LogP contribution < -0.4 is 36.1 Å². The van der Waals surface area contributed by atoms with E-state index in [4.69, 9.17) is 14.2 Å². The normalized spacial score (nSPS) is 24.0. The Bertz CT molecular complexity index is 2270. The summed E-state index contributed by atoms with van der Waals surface area (Å²) in [7, 11) is 5.69. The number of ether oxygens (including phenoxy) is 3. The van der Waals surface area contributed by atoms with Crippen LogP contribution in [-0.2, 0) is 55.9 Å². The molecule has 0 radical (unpaired) electrons. The molecule has 5 unspecified atom stereocenters. The van der Waals surface area contributed by atoms with E-state index in [-0.39, 0.29) is 19.3 Å². The average Bonchev–Trinajstić information content (AvgIpc) is 3.73. The van der Waals surface area contributed by atoms with Gasteiger partial charge in [0.2, 0.25) is 41.9 Å². The van der Waals surface area contributed by atoms with Gasteiger partial charge < -0.3 is 60.7 Å². The summed E-state index contributed by atoms with van der Waals surface area (Å²) in [6.07, 6.45) is -0.916. The van der Waals surface area contributed by atoms with Crippen molar-refractivity contribution in [3.63, 3.8) is 0 Å². The number of hydrogen-bond acceptors (Lipinski definition) is 12. The minimum atomic E-state index is -1.72. The lowest BCUT2D eigenvalue weighted by Gasteiger charge is -2.36. The number of likely N-dealkylation sites (N-methyl/N-ethyl adjacent to an activating group) is 2. The fraction of sp³-hybridized carbons (Fsp3) is 0.542. The third-order valence-corrected chi connectivity index (χ3v) is 12.6. The molecule has 1 aliphatic rings. The van der Waals surface area contributed by atoms with Crippen LogP contribution >= 0.6 is 0 Å². The number of carbonyl (C=O) groups excluding carboxylic acids is 8. The van der Waals surface area contributed by atoms with Gasteiger partial charge in [0.25, 0.3) is 0 Å². The highest BCUT2D eigenvalue weighted by Gasteiger charge is 2.42. The van der Waals surface area contributed by atoms with Gasteiger partial charge in [0.1, 0.15) is 59.9 Å². The van der Waals surface area contributed by atoms with Crippen LogP contribution in [0.15, 0.2) is 48.7 Å². The van der Waals surface area contributed by atoms with Gasteiger partial charge in [-0.1, -0.05) is 53.2 Å². The Morgan fingerprint density at radius 1 is 0.838 bits per heavy atom. The molecule has 1 saturated heterocycles. The first-order chi connectivity index (χ1) is 32.2. The maximum Gasteiger partial charge on any atom is 0.329 e. The van der Waals surface area contributed by atoms with Crippen LogP contribution in [0.5, 0.6) is 11.5 Å². The van der Waals surface area contributed by atoms with Crippen molar-refractivity contribution in [2.75, 3.05) is 28.3 Å². The molecule has 372 valence electrons. The van der Waals surface area contributed by atoms with Crippen molar-refractivity contribution >= 4 is 58.7 Å². The quantitative estimate of drug-likeness (QED) is 0.0835. The van der Waals surface area contributed by atoms with E-state index >= 15 is 0 Å². The van der Waals surface area contributed by atoms with Gasteiger partial charge in [-0.15, -0.1) is 0 Å². The average molecular weight is 949 g/mol. The Kier molecular flexibility index (Phi) is 19.3. The molecule has 3 aromatic rings. The summed E-state index contributed by atoms with van der Waals surface area (Å²) < 4.78 is 16.8. The fourth-order valence-corrected chi connectivity index (χ4v) is 8.15. The molecule has 7 N–H and O–H groups in total. The molecule has 1 aromatic heterocycles. The fourth-order valence-electron chi connectivity index (χ4n) is 8.15. The number of nitrogens with zero attached hydrogens (tertiary/aromatic N) is 2. The minimum Gasteiger partial charge on any atom is -0.497 e. The zero-order chi connectivity index (χ0) is 50.6. The zero-order valence-electron chi connectivity index (χ0n) is 40.7. The van der Waals surface area contributed by atoms with E-state index in [9.17, 15) is 43.5 Å². The molecule has 20 heteroatoms. The standard InChI is InChI=1S/C48H68N8O12/c1-12-26(5)41-45(62)54-40(37(58)13-2)47(64)55(8)36(21-30-23-49-34-19-18-32(67-11)22-33(30)34)48(65)68-28(7)39(53-43(60)38(25(3)4)50-24-57)44(61)52-35(20-29-14-16-31(66-10)17-15-29)42(59)51-27(6)46(63)56(41)9/h14-19,22-28,35-41,49,58H,12-13,20-21H2,1-11H3,(H,50,57)(H,51,59)(H,52,61)(H,53,60)(H,54,62)/t26?,27-,28?,35-,36?,37?,38+,39?,40-,41-/m1/s1. The number of aliphatic hydroxyl groups excluding tert-OH is 1. The number of aromatic nitrogens is 1. The molecular weight excluding hydrogens is 881 g/mol. The van der Waals surface area contributed by atoms with Crippen molar-refractivity contribution in [3.8, 4) is 11.5 Å². The Hall–Kier alpha value is -6.70. The SMILES string of the molecule is CCC(O)[C@H]1NC(=O)[C@@H](C(C)CC)N(C)C(=O)[C@@H](C)NC(=O)[C@@H](Cc2ccc(OC)cc2)NC(=O)C(NC(=O)[C@@H](NC=O)C(C)C)C(C)OC(=O)C(Cc2c[nH]c3ccc(OC)cc23)N(C)C1=O. The number of aliphatic hydroxyl groups is 1. The third kappa shape index (κ3) is 13.0. The van der Waals surface area contributed by atoms with Gasteiger partial charge in [-0.2, -0.15) is 0 Å². The first-order valence-corrected chi connectivity index (χ1v) is 22.8. The summed E-state index contributed by atoms with van der Waals surface area (Å²) in [6, 6.07) is 2.06. The van der Waals surface area contributed by atoms with E-state index in [0.29, 0.717) is 46.4 Å². The third-order valence-electron chi connectivity index (χ3n) is 12.6. The number of cyclic esters (lactones) is 1. The smallest absolute Gasteiger partial charge is 0.329 e. The van der Waals surface area contributed by atoms with Gasteiger partial charge in [0.15, 0.2) is 0 Å². The molecule has 0 aliphatic carbocycles. The lowest BCUT2D eigenvalue weighted by atomic mass is 9.95. The molecule has 20 nitrogen and oxygen atoms in total. The van der Waals surface area contributed by atoms with Crippen molar-refractivity contribution in [1.82, 2.24) is 41.4 Å². The number of H-pyrrole nitrogens is 1. The molecule has 7 amide bonds. The zero-order valence-corrected chi connectivity index (χ0v) is 40.7. The summed E-state index contributed by atoms with van der Waals surface area (Å²) >= 11 is 0. The molecule has 1 aliphatic heterocycles. The molecule has 1 fully saturated rings. The molecule has 68 heavy (non-hydrogen) atoms. The number of esters is 1. The number of methoxy groups -OCH3 is 2. The summed E-state index contributed by atoms with van der Waals surface area (Å²) in [5, 5.41) is 25.1. The van der Waals surface area contributed by atoms with Crippen LogP contribution in [0.25, 0.3) is 10.9 Å². The molecule has 0 saturated carbocycles. The van der Waals surface area contributed by atoms with E-state index in [2.05, 4.69) is 31.6 Å². The van der Waals surface area contributed by atoms with Gasteiger partial charge in [-0.25, -0.2) is 4.79 Å². The van der Waals surface area contributed by atoms with Crippen LogP contribution in [0.1, 0.15) is 72.4 Å². The van der Waals surface area contributed by atoms with Gasteiger partial charge >= 0.3 is 5.97 Å². The number of carbonyl (C=O) groups is 8. The van der Waals surface area contributed by atoms with Gasteiger partial charge in [-0.05, 0) is 73.6 Å². The van der Waals surface area contributed by atoms with Crippen molar-refractivity contribution in [2.24, 2.45) is 11.8 Å². The maximum absolute atomic E-state index is 14.8. The van der Waals surface area contributed by atoms with E-state index < -0.39 is 108 Å². The topological polar surface area (TPSA) is 267 Å². The molecule has 0 bridgehead atoms. The Morgan fingerprint density at radius 3 is 2.07 bits per heavy atom. The summed E-state index contributed by atoms with van der Waals surface area (Å²) in [5.74, 6) is -5.90. The summed E-state index contributed by atoms with van der Waals surface area (Å²) in [6.45, 7) is 11.2. The van der Waals surface area contributed by atoms with Crippen molar-refractivity contribution < 1.29 is 57.7 Å². The largest absolute Gasteiger partial charge is 0.497 e. The van der Waals surface area contributed by atoms with Crippen LogP contribution in [0.2, 0.25) is 0 Å². The number of fused-ring (bicyclic) bond motifs is 1. The summed E-state index contributed by atoms with van der Waals surface area (Å²) in [5.41, 5.74) is 1.79. The van der Waals surface area contributed by atoms with Gasteiger partial charge in [0, 0.05) is 44.0 Å². The Labute approximate surface area is 396 Å². The predicted octanol–water partition coefficient (Wildman–Crippen LogP) is 1.12. The molecule has 2 aromatic carbocycles. The molecule has 10 atom stereocenters. The number of benzene rings is 2.